The van der Waals surface area contributed by atoms with Gasteiger partial charge in [-0.2, -0.15) is 0 Å². The average molecular weight is 351 g/mol. The van der Waals surface area contributed by atoms with Crippen molar-refractivity contribution in [2.45, 2.75) is 38.8 Å². The lowest BCUT2D eigenvalue weighted by Crippen LogP contribution is -2.41. The Bertz CT molecular complexity index is 857. The fourth-order valence-electron chi connectivity index (χ4n) is 4.23. The fraction of sp³-hybridized carbons (Fsp3) is 0.409. The van der Waals surface area contributed by atoms with Gasteiger partial charge in [-0.05, 0) is 68.1 Å². The molecule has 1 atom stereocenters. The number of ether oxygens (including phenoxy) is 1. The van der Waals surface area contributed by atoms with Crippen molar-refractivity contribution in [3.63, 3.8) is 0 Å². The molecule has 2 aliphatic heterocycles. The molecule has 0 fully saturated rings. The zero-order valence-electron chi connectivity index (χ0n) is 15.8. The predicted octanol–water partition coefficient (Wildman–Crippen LogP) is 3.57. The highest BCUT2D eigenvalue weighted by Gasteiger charge is 2.52. The highest BCUT2D eigenvalue weighted by atomic mass is 16.5. The van der Waals surface area contributed by atoms with Crippen LogP contribution in [0.1, 0.15) is 36.0 Å². The predicted molar refractivity (Wildman–Crippen MR) is 104 cm³/mol. The van der Waals surface area contributed by atoms with Crippen LogP contribution in [0.3, 0.4) is 0 Å². The van der Waals surface area contributed by atoms with Gasteiger partial charge in [-0.3, -0.25) is 0 Å². The summed E-state index contributed by atoms with van der Waals surface area (Å²) in [6.45, 7) is 5.71. The number of β-amino-alcohol motifs (C(OH)–C–C–N with tert-alkyl or cyclic N) is 1. The lowest BCUT2D eigenvalue weighted by Gasteiger charge is -2.24. The van der Waals surface area contributed by atoms with Crippen LogP contribution in [0.2, 0.25) is 0 Å². The Hall–Kier alpha value is -2.33. The number of benzene rings is 2. The van der Waals surface area contributed by atoms with E-state index in [1.54, 1.807) is 7.11 Å². The number of rotatable bonds is 3. The van der Waals surface area contributed by atoms with Crippen LogP contribution in [0.4, 0.5) is 5.69 Å². The first-order chi connectivity index (χ1) is 12.5. The summed E-state index contributed by atoms with van der Waals surface area (Å²) in [5, 5.41) is 11.7. The molecular weight excluding hydrogens is 324 g/mol. The first kappa shape index (κ1) is 17.1. The molecule has 0 aliphatic carbocycles. The third kappa shape index (κ3) is 2.69. The molecule has 0 aromatic heterocycles. The number of anilines is 1. The Morgan fingerprint density at radius 3 is 2.58 bits per heavy atom. The summed E-state index contributed by atoms with van der Waals surface area (Å²) in [6.07, 6.45) is 3.29. The van der Waals surface area contributed by atoms with Gasteiger partial charge >= 0.3 is 0 Å². The molecule has 1 N–H and O–H groups in total. The molecule has 2 aromatic rings. The number of methoxy groups -OCH3 is 1. The van der Waals surface area contributed by atoms with Crippen molar-refractivity contribution in [2.24, 2.45) is 0 Å². The van der Waals surface area contributed by atoms with Gasteiger partial charge in [-0.25, -0.2) is 9.48 Å². The molecule has 2 heterocycles. The highest BCUT2D eigenvalue weighted by Crippen LogP contribution is 2.37. The first-order valence-corrected chi connectivity index (χ1v) is 9.38. The van der Waals surface area contributed by atoms with E-state index in [9.17, 15) is 5.11 Å². The van der Waals surface area contributed by atoms with E-state index in [1.807, 2.05) is 24.3 Å². The lowest BCUT2D eigenvalue weighted by molar-refractivity contribution is -0.661. The molecule has 2 aromatic carbocycles. The Kier molecular flexibility index (Phi) is 4.23. The summed E-state index contributed by atoms with van der Waals surface area (Å²) in [7, 11) is 1.66. The van der Waals surface area contributed by atoms with E-state index in [-0.39, 0.29) is 0 Å². The van der Waals surface area contributed by atoms with Crippen LogP contribution in [0, 0.1) is 13.8 Å². The summed E-state index contributed by atoms with van der Waals surface area (Å²) in [5.41, 5.74) is 3.61. The molecule has 4 nitrogen and oxygen atoms in total. The van der Waals surface area contributed by atoms with Gasteiger partial charge in [0.05, 0.1) is 13.7 Å². The van der Waals surface area contributed by atoms with Crippen LogP contribution in [-0.2, 0) is 5.72 Å². The minimum atomic E-state index is -1.00. The Morgan fingerprint density at radius 1 is 1.08 bits per heavy atom. The third-order valence-electron chi connectivity index (χ3n) is 5.69. The number of aliphatic hydroxyl groups is 1. The maximum atomic E-state index is 11.7. The van der Waals surface area contributed by atoms with Crippen molar-refractivity contribution in [3.8, 4) is 5.75 Å². The Labute approximate surface area is 155 Å². The molecule has 0 radical (unpaired) electrons. The second kappa shape index (κ2) is 6.44. The molecule has 0 saturated carbocycles. The van der Waals surface area contributed by atoms with Crippen LogP contribution < -0.4 is 9.64 Å². The Balaban J connectivity index is 1.80. The highest BCUT2D eigenvalue weighted by molar-refractivity contribution is 5.96. The van der Waals surface area contributed by atoms with Gasteiger partial charge in [0.2, 0.25) is 0 Å². The summed E-state index contributed by atoms with van der Waals surface area (Å²) < 4.78 is 7.49. The summed E-state index contributed by atoms with van der Waals surface area (Å²) in [5.74, 6) is 2.05. The number of nitrogens with zero attached hydrogens (tertiary/aromatic N) is 2. The maximum Gasteiger partial charge on any atom is 0.271 e. The van der Waals surface area contributed by atoms with E-state index >= 15 is 0 Å². The maximum absolute atomic E-state index is 11.7. The molecule has 0 bridgehead atoms. The summed E-state index contributed by atoms with van der Waals surface area (Å²) in [4.78, 5) is 2.33. The second-order valence-corrected chi connectivity index (χ2v) is 7.45. The second-order valence-electron chi connectivity index (χ2n) is 7.45. The number of amidine groups is 1. The van der Waals surface area contributed by atoms with Crippen molar-refractivity contribution < 1.29 is 14.4 Å². The van der Waals surface area contributed by atoms with Crippen LogP contribution in [0.25, 0.3) is 0 Å². The monoisotopic (exact) mass is 351 g/mol. The SMILES string of the molecule is COc1ccc([C@@]2(O)CN(c3cc(C)ccc3C)C3=[N+]2CCCC3)cc1. The van der Waals surface area contributed by atoms with Gasteiger partial charge in [-0.1, -0.05) is 12.1 Å². The minimum Gasteiger partial charge on any atom is -0.497 e. The zero-order valence-corrected chi connectivity index (χ0v) is 15.8. The fourth-order valence-corrected chi connectivity index (χ4v) is 4.23. The molecule has 0 spiro atoms. The minimum absolute atomic E-state index is 0.555. The summed E-state index contributed by atoms with van der Waals surface area (Å²) in [6, 6.07) is 14.4. The van der Waals surface area contributed by atoms with Gasteiger partial charge in [0, 0.05) is 12.0 Å². The van der Waals surface area contributed by atoms with Gasteiger partial charge in [0.15, 0.2) is 6.54 Å². The molecule has 4 heteroatoms. The van der Waals surface area contributed by atoms with E-state index in [1.165, 1.54) is 29.1 Å². The van der Waals surface area contributed by atoms with E-state index in [0.29, 0.717) is 6.54 Å². The molecule has 2 aliphatic rings. The van der Waals surface area contributed by atoms with Gasteiger partial charge in [0.1, 0.15) is 11.4 Å². The third-order valence-corrected chi connectivity index (χ3v) is 5.69. The molecular formula is C22H27N2O2+. The van der Waals surface area contributed by atoms with Crippen LogP contribution in [-0.4, -0.2) is 35.7 Å². The first-order valence-electron chi connectivity index (χ1n) is 9.38. The lowest BCUT2D eigenvalue weighted by atomic mass is 10.0. The quantitative estimate of drug-likeness (QED) is 0.859. The largest absolute Gasteiger partial charge is 0.497 e. The molecule has 136 valence electrons. The van der Waals surface area contributed by atoms with E-state index in [4.69, 9.17) is 4.74 Å². The van der Waals surface area contributed by atoms with Gasteiger partial charge in [-0.15, -0.1) is 0 Å². The molecule has 0 saturated heterocycles. The van der Waals surface area contributed by atoms with Gasteiger partial charge in [0.25, 0.3) is 11.6 Å². The molecule has 4 rings (SSSR count). The van der Waals surface area contributed by atoms with Crippen molar-refractivity contribution in [2.75, 3.05) is 25.1 Å². The molecule has 0 amide bonds. The van der Waals surface area contributed by atoms with E-state index < -0.39 is 5.72 Å². The topological polar surface area (TPSA) is 35.7 Å². The number of hydrogen-bond acceptors (Lipinski definition) is 3. The molecule has 26 heavy (non-hydrogen) atoms. The van der Waals surface area contributed by atoms with E-state index in [0.717, 1.165) is 30.7 Å². The van der Waals surface area contributed by atoms with Gasteiger partial charge < -0.3 is 9.84 Å². The smallest absolute Gasteiger partial charge is 0.271 e. The Morgan fingerprint density at radius 2 is 1.85 bits per heavy atom. The number of aryl methyl sites for hydroxylation is 2. The summed E-state index contributed by atoms with van der Waals surface area (Å²) >= 11 is 0. The van der Waals surface area contributed by atoms with Crippen molar-refractivity contribution in [1.82, 2.24) is 0 Å². The normalized spacial score (nSPS) is 22.5. The van der Waals surface area contributed by atoms with Crippen LogP contribution >= 0.6 is 0 Å². The van der Waals surface area contributed by atoms with Crippen molar-refractivity contribution in [1.29, 1.82) is 0 Å². The zero-order chi connectivity index (χ0) is 18.3. The standard InChI is InChI=1S/C22H27N2O2/c1-16-7-8-17(2)20(14-16)23-15-22(25,24-13-5-4-6-21(23)24)18-9-11-19(26-3)12-10-18/h7-12,14,25H,4-6,13,15H2,1-3H3/q+1/t22-/m0/s1. The average Bonchev–Trinajstić information content (AvgIpc) is 2.98. The number of hydrogen-bond donors (Lipinski definition) is 1. The molecule has 0 unspecified atom stereocenters. The van der Waals surface area contributed by atoms with Crippen LogP contribution in [0.5, 0.6) is 5.75 Å². The van der Waals surface area contributed by atoms with Crippen LogP contribution in [0.15, 0.2) is 42.5 Å². The van der Waals surface area contributed by atoms with E-state index in [2.05, 4.69) is 41.5 Å². The van der Waals surface area contributed by atoms with Crippen molar-refractivity contribution in [3.05, 3.63) is 59.2 Å². The van der Waals surface area contributed by atoms with Crippen molar-refractivity contribution >= 4 is 11.5 Å².